The van der Waals surface area contributed by atoms with Gasteiger partial charge in [-0.1, -0.05) is 0 Å². The van der Waals surface area contributed by atoms with Crippen LogP contribution in [0.3, 0.4) is 0 Å². The lowest BCUT2D eigenvalue weighted by Crippen LogP contribution is -2.42. The monoisotopic (exact) mass is 249 g/mol. The molecule has 0 aromatic carbocycles. The van der Waals surface area contributed by atoms with Gasteiger partial charge in [-0.15, -0.1) is 11.3 Å². The molecular weight excluding hydrogens is 234 g/mol. The lowest BCUT2D eigenvalue weighted by molar-refractivity contribution is 0.306. The van der Waals surface area contributed by atoms with Crippen LogP contribution in [0.4, 0.5) is 11.8 Å². The summed E-state index contributed by atoms with van der Waals surface area (Å²) in [6.45, 7) is 2.23. The molecule has 90 valence electrons. The minimum atomic E-state index is 0.176. The molecule has 0 bridgehead atoms. The van der Waals surface area contributed by atoms with E-state index in [1.807, 2.05) is 11.4 Å². The van der Waals surface area contributed by atoms with Crippen LogP contribution in [0.2, 0.25) is 0 Å². The Morgan fingerprint density at radius 3 is 2.88 bits per heavy atom. The third-order valence-electron chi connectivity index (χ3n) is 3.33. The zero-order chi connectivity index (χ0) is 11.9. The molecule has 1 aliphatic rings. The minimum absolute atomic E-state index is 0.176. The number of anilines is 2. The van der Waals surface area contributed by atoms with Gasteiger partial charge in [-0.05, 0) is 37.6 Å². The van der Waals surface area contributed by atoms with Crippen molar-refractivity contribution in [3.05, 3.63) is 11.4 Å². The number of nitrogens with one attached hydrogen (secondary N) is 2. The van der Waals surface area contributed by atoms with Crippen molar-refractivity contribution >= 4 is 33.3 Å². The molecule has 1 fully saturated rings. The molecule has 1 aliphatic carbocycles. The quantitative estimate of drug-likeness (QED) is 0.575. The van der Waals surface area contributed by atoms with Crippen LogP contribution in [0.5, 0.6) is 0 Å². The van der Waals surface area contributed by atoms with E-state index in [1.54, 1.807) is 11.3 Å². The maximum atomic E-state index is 5.39. The molecule has 2 aromatic heterocycles. The fourth-order valence-electron chi connectivity index (χ4n) is 2.13. The average Bonchev–Trinajstić information content (AvgIpc) is 2.75. The molecule has 6 heteroatoms. The SMILES string of the molecule is CC1(Nc2nc(NN)nc3sccc23)CCC1. The van der Waals surface area contributed by atoms with Gasteiger partial charge in [0.1, 0.15) is 10.6 Å². The predicted octanol–water partition coefficient (Wildman–Crippen LogP) is 2.33. The first kappa shape index (κ1) is 10.7. The number of nitrogens with zero attached hydrogens (tertiary/aromatic N) is 2. The number of thiophene rings is 1. The van der Waals surface area contributed by atoms with E-state index in [-0.39, 0.29) is 5.54 Å². The minimum Gasteiger partial charge on any atom is -0.364 e. The number of fused-ring (bicyclic) bond motifs is 1. The van der Waals surface area contributed by atoms with Crippen LogP contribution in [0.25, 0.3) is 10.2 Å². The van der Waals surface area contributed by atoms with Crippen LogP contribution in [-0.4, -0.2) is 15.5 Å². The van der Waals surface area contributed by atoms with Crippen molar-refractivity contribution in [2.45, 2.75) is 31.7 Å². The van der Waals surface area contributed by atoms with E-state index in [0.29, 0.717) is 5.95 Å². The second-order valence-electron chi connectivity index (χ2n) is 4.72. The summed E-state index contributed by atoms with van der Waals surface area (Å²) in [6.07, 6.45) is 3.66. The van der Waals surface area contributed by atoms with E-state index in [9.17, 15) is 0 Å². The van der Waals surface area contributed by atoms with Gasteiger partial charge in [0.15, 0.2) is 0 Å². The Balaban J connectivity index is 2.03. The van der Waals surface area contributed by atoms with Crippen LogP contribution in [-0.2, 0) is 0 Å². The van der Waals surface area contributed by atoms with Crippen LogP contribution in [0.15, 0.2) is 11.4 Å². The molecule has 0 amide bonds. The third kappa shape index (κ3) is 1.83. The Bertz CT molecular complexity index is 546. The summed E-state index contributed by atoms with van der Waals surface area (Å²) in [4.78, 5) is 9.68. The lowest BCUT2D eigenvalue weighted by Gasteiger charge is -2.39. The summed E-state index contributed by atoms with van der Waals surface area (Å²) in [5.74, 6) is 6.73. The first-order valence-corrected chi connectivity index (χ1v) is 6.58. The number of aromatic nitrogens is 2. The number of hydrazine groups is 1. The van der Waals surface area contributed by atoms with Crippen molar-refractivity contribution in [3.63, 3.8) is 0 Å². The molecule has 0 radical (unpaired) electrons. The topological polar surface area (TPSA) is 75.9 Å². The van der Waals surface area contributed by atoms with Crippen LogP contribution in [0.1, 0.15) is 26.2 Å². The Morgan fingerprint density at radius 2 is 2.24 bits per heavy atom. The molecule has 3 rings (SSSR count). The maximum Gasteiger partial charge on any atom is 0.240 e. The molecule has 2 heterocycles. The van der Waals surface area contributed by atoms with Crippen LogP contribution < -0.4 is 16.6 Å². The molecule has 4 N–H and O–H groups in total. The summed E-state index contributed by atoms with van der Waals surface area (Å²) >= 11 is 1.60. The van der Waals surface area contributed by atoms with Gasteiger partial charge in [-0.25, -0.2) is 10.8 Å². The van der Waals surface area contributed by atoms with Crippen molar-refractivity contribution in [2.24, 2.45) is 5.84 Å². The van der Waals surface area contributed by atoms with E-state index in [1.165, 1.54) is 19.3 Å². The van der Waals surface area contributed by atoms with E-state index >= 15 is 0 Å². The third-order valence-corrected chi connectivity index (χ3v) is 4.14. The Hall–Kier alpha value is -1.40. The zero-order valence-electron chi connectivity index (χ0n) is 9.66. The first-order valence-electron chi connectivity index (χ1n) is 5.70. The van der Waals surface area contributed by atoms with Crippen molar-refractivity contribution in [1.82, 2.24) is 9.97 Å². The van der Waals surface area contributed by atoms with Gasteiger partial charge in [0.05, 0.1) is 5.39 Å². The lowest BCUT2D eigenvalue weighted by atomic mass is 9.78. The number of nitrogens with two attached hydrogens (primary N) is 1. The van der Waals surface area contributed by atoms with E-state index in [0.717, 1.165) is 16.0 Å². The predicted molar refractivity (Wildman–Crippen MR) is 71.1 cm³/mol. The molecule has 2 aromatic rings. The summed E-state index contributed by atoms with van der Waals surface area (Å²) in [5, 5.41) is 6.61. The van der Waals surface area contributed by atoms with Gasteiger partial charge in [-0.3, -0.25) is 5.43 Å². The highest BCUT2D eigenvalue weighted by atomic mass is 32.1. The highest BCUT2D eigenvalue weighted by Gasteiger charge is 2.32. The smallest absolute Gasteiger partial charge is 0.240 e. The zero-order valence-corrected chi connectivity index (χ0v) is 10.5. The average molecular weight is 249 g/mol. The summed E-state index contributed by atoms with van der Waals surface area (Å²) in [7, 11) is 0. The highest BCUT2D eigenvalue weighted by Crippen LogP contribution is 2.36. The van der Waals surface area contributed by atoms with Crippen LogP contribution >= 0.6 is 11.3 Å². The molecule has 0 spiro atoms. The number of nitrogen functional groups attached to an aromatic ring is 1. The van der Waals surface area contributed by atoms with Gasteiger partial charge in [0.25, 0.3) is 0 Å². The van der Waals surface area contributed by atoms with Crippen molar-refractivity contribution in [1.29, 1.82) is 0 Å². The Kier molecular flexibility index (Phi) is 2.41. The van der Waals surface area contributed by atoms with Gasteiger partial charge >= 0.3 is 0 Å². The molecule has 0 unspecified atom stereocenters. The largest absolute Gasteiger partial charge is 0.364 e. The summed E-state index contributed by atoms with van der Waals surface area (Å²) < 4.78 is 0. The van der Waals surface area contributed by atoms with Gasteiger partial charge in [-0.2, -0.15) is 4.98 Å². The van der Waals surface area contributed by atoms with Gasteiger partial charge in [0.2, 0.25) is 5.95 Å². The fraction of sp³-hybridized carbons (Fsp3) is 0.455. The molecule has 0 atom stereocenters. The second kappa shape index (κ2) is 3.82. The molecule has 1 saturated carbocycles. The van der Waals surface area contributed by atoms with Crippen molar-refractivity contribution in [2.75, 3.05) is 10.7 Å². The molecule has 17 heavy (non-hydrogen) atoms. The van der Waals surface area contributed by atoms with E-state index in [4.69, 9.17) is 5.84 Å². The summed E-state index contributed by atoms with van der Waals surface area (Å²) in [5.41, 5.74) is 2.69. The van der Waals surface area contributed by atoms with E-state index in [2.05, 4.69) is 27.6 Å². The van der Waals surface area contributed by atoms with E-state index < -0.39 is 0 Å². The number of hydrogen-bond acceptors (Lipinski definition) is 6. The molecule has 5 nitrogen and oxygen atoms in total. The highest BCUT2D eigenvalue weighted by molar-refractivity contribution is 7.16. The Labute approximate surface area is 103 Å². The normalized spacial score (nSPS) is 17.8. The maximum absolute atomic E-state index is 5.39. The fourth-order valence-corrected chi connectivity index (χ4v) is 2.90. The molecule has 0 aliphatic heterocycles. The molecular formula is C11H15N5S. The standard InChI is InChI=1S/C11H15N5S/c1-11(4-2-5-11)15-8-7-3-6-17-9(7)14-10(13-8)16-12/h3,6H,2,4-5,12H2,1H3,(H2,13,14,15,16). The first-order chi connectivity index (χ1) is 8.20. The number of hydrogen-bond donors (Lipinski definition) is 3. The molecule has 0 saturated heterocycles. The van der Waals surface area contributed by atoms with Gasteiger partial charge < -0.3 is 5.32 Å². The second-order valence-corrected chi connectivity index (χ2v) is 5.61. The summed E-state index contributed by atoms with van der Waals surface area (Å²) in [6, 6.07) is 2.05. The number of rotatable bonds is 3. The Morgan fingerprint density at radius 1 is 1.41 bits per heavy atom. The van der Waals surface area contributed by atoms with Gasteiger partial charge in [0, 0.05) is 5.54 Å². The van der Waals surface area contributed by atoms with Crippen molar-refractivity contribution in [3.8, 4) is 0 Å². The van der Waals surface area contributed by atoms with Crippen LogP contribution in [0, 0.1) is 0 Å². The van der Waals surface area contributed by atoms with Crippen molar-refractivity contribution < 1.29 is 0 Å².